The van der Waals surface area contributed by atoms with Gasteiger partial charge in [-0.25, -0.2) is 4.79 Å². The second kappa shape index (κ2) is 7.67. The summed E-state index contributed by atoms with van der Waals surface area (Å²) in [5, 5.41) is 8.90. The van der Waals surface area contributed by atoms with Crippen LogP contribution in [0.2, 0.25) is 0 Å². The number of amides is 2. The van der Waals surface area contributed by atoms with E-state index in [1.54, 1.807) is 16.7 Å². The van der Waals surface area contributed by atoms with Gasteiger partial charge in [0.05, 0.1) is 6.42 Å². The number of carboxylic acid groups (broad SMARTS) is 1. The predicted octanol–water partition coefficient (Wildman–Crippen LogP) is 3.13. The molecule has 0 aliphatic heterocycles. The highest BCUT2D eigenvalue weighted by atomic mass is 16.4. The molecule has 0 radical (unpaired) electrons. The molecule has 1 aromatic carbocycles. The Kier molecular flexibility index (Phi) is 6.21. The zero-order valence-electron chi connectivity index (χ0n) is 13.2. The maximum absolute atomic E-state index is 12.7. The van der Waals surface area contributed by atoms with Gasteiger partial charge in [-0.3, -0.25) is 9.69 Å². The maximum atomic E-state index is 12.7. The summed E-state index contributed by atoms with van der Waals surface area (Å²) in [5.41, 5.74) is 1.96. The van der Waals surface area contributed by atoms with E-state index < -0.39 is 5.97 Å². The van der Waals surface area contributed by atoms with Crippen molar-refractivity contribution in [1.29, 1.82) is 0 Å². The molecule has 0 bridgehead atoms. The van der Waals surface area contributed by atoms with Crippen molar-refractivity contribution in [1.82, 2.24) is 4.90 Å². The number of rotatable bonds is 6. The Balaban J connectivity index is 2.94. The molecular formula is C16H24N2O3. The summed E-state index contributed by atoms with van der Waals surface area (Å²) in [7, 11) is 0. The van der Waals surface area contributed by atoms with E-state index >= 15 is 0 Å². The maximum Gasteiger partial charge on any atom is 0.324 e. The lowest BCUT2D eigenvalue weighted by Crippen LogP contribution is -2.48. The number of aryl methyl sites for hydroxylation is 1. The van der Waals surface area contributed by atoms with Gasteiger partial charge in [-0.15, -0.1) is 0 Å². The quantitative estimate of drug-likeness (QED) is 0.876. The van der Waals surface area contributed by atoms with Crippen LogP contribution in [0.5, 0.6) is 0 Å². The third-order valence-corrected chi connectivity index (χ3v) is 3.48. The lowest BCUT2D eigenvalue weighted by atomic mass is 10.2. The second-order valence-electron chi connectivity index (χ2n) is 5.10. The Morgan fingerprint density at radius 1 is 1.14 bits per heavy atom. The fraction of sp³-hybridized carbons (Fsp3) is 0.500. The first-order valence-corrected chi connectivity index (χ1v) is 7.27. The average molecular weight is 292 g/mol. The zero-order valence-corrected chi connectivity index (χ0v) is 13.2. The first kappa shape index (κ1) is 17.0. The van der Waals surface area contributed by atoms with Crippen LogP contribution in [0.4, 0.5) is 10.5 Å². The molecule has 1 unspecified atom stereocenters. The molecule has 0 fully saturated rings. The number of nitrogens with zero attached hydrogens (tertiary/aromatic N) is 2. The Morgan fingerprint density at radius 2 is 1.71 bits per heavy atom. The third kappa shape index (κ3) is 4.48. The van der Waals surface area contributed by atoms with Crippen LogP contribution in [0, 0.1) is 6.92 Å². The topological polar surface area (TPSA) is 60.9 Å². The number of benzene rings is 1. The van der Waals surface area contributed by atoms with Crippen LogP contribution in [-0.2, 0) is 4.79 Å². The lowest BCUT2D eigenvalue weighted by molar-refractivity contribution is -0.138. The van der Waals surface area contributed by atoms with Crippen LogP contribution in [0.1, 0.15) is 32.8 Å². The van der Waals surface area contributed by atoms with Gasteiger partial charge < -0.3 is 10.0 Å². The van der Waals surface area contributed by atoms with E-state index in [-0.39, 0.29) is 18.5 Å². The Labute approximate surface area is 126 Å². The van der Waals surface area contributed by atoms with Crippen molar-refractivity contribution < 1.29 is 14.7 Å². The van der Waals surface area contributed by atoms with Crippen molar-refractivity contribution >= 4 is 17.7 Å². The van der Waals surface area contributed by atoms with E-state index in [0.717, 1.165) is 11.3 Å². The van der Waals surface area contributed by atoms with Crippen molar-refractivity contribution in [2.24, 2.45) is 0 Å². The number of urea groups is 1. The van der Waals surface area contributed by atoms with Gasteiger partial charge >= 0.3 is 12.0 Å². The molecule has 5 nitrogen and oxygen atoms in total. The van der Waals surface area contributed by atoms with Crippen LogP contribution < -0.4 is 4.90 Å². The average Bonchev–Trinajstić information content (AvgIpc) is 2.41. The standard InChI is InChI=1S/C16H24N2O3/c1-5-17(13(4)11-15(19)20)16(21)18(6-2)14-9-7-12(3)8-10-14/h7-10,13H,5-6,11H2,1-4H3,(H,19,20). The number of hydrogen-bond donors (Lipinski definition) is 1. The van der Waals surface area contributed by atoms with Gasteiger partial charge in [0.15, 0.2) is 0 Å². The normalized spacial score (nSPS) is 11.8. The van der Waals surface area contributed by atoms with Gasteiger partial charge in [0.1, 0.15) is 0 Å². The smallest absolute Gasteiger partial charge is 0.324 e. The van der Waals surface area contributed by atoms with E-state index in [2.05, 4.69) is 0 Å². The number of carboxylic acids is 1. The van der Waals surface area contributed by atoms with E-state index in [4.69, 9.17) is 5.11 Å². The van der Waals surface area contributed by atoms with Crippen molar-refractivity contribution in [2.45, 2.75) is 40.2 Å². The summed E-state index contributed by atoms with van der Waals surface area (Å²) < 4.78 is 0. The van der Waals surface area contributed by atoms with Crippen LogP contribution in [0.25, 0.3) is 0 Å². The van der Waals surface area contributed by atoms with Gasteiger partial charge in [-0.05, 0) is 39.8 Å². The Hall–Kier alpha value is -2.04. The van der Waals surface area contributed by atoms with Crippen LogP contribution >= 0.6 is 0 Å². The molecule has 1 atom stereocenters. The largest absolute Gasteiger partial charge is 0.481 e. The van der Waals surface area contributed by atoms with Crippen molar-refractivity contribution in [3.63, 3.8) is 0 Å². The van der Waals surface area contributed by atoms with E-state index in [1.807, 2.05) is 45.0 Å². The number of aliphatic carboxylic acids is 1. The summed E-state index contributed by atoms with van der Waals surface area (Å²) in [5.74, 6) is -0.896. The number of hydrogen-bond acceptors (Lipinski definition) is 2. The molecule has 116 valence electrons. The number of carbonyl (C=O) groups excluding carboxylic acids is 1. The Morgan fingerprint density at radius 3 is 2.14 bits per heavy atom. The van der Waals surface area contributed by atoms with Gasteiger partial charge in [-0.2, -0.15) is 0 Å². The van der Waals surface area contributed by atoms with Crippen LogP contribution in [0.3, 0.4) is 0 Å². The Bertz CT molecular complexity index is 485. The molecule has 0 saturated heterocycles. The minimum atomic E-state index is -0.896. The summed E-state index contributed by atoms with van der Waals surface area (Å²) in [6, 6.07) is 7.25. The highest BCUT2D eigenvalue weighted by Gasteiger charge is 2.25. The molecular weight excluding hydrogens is 268 g/mol. The third-order valence-electron chi connectivity index (χ3n) is 3.48. The summed E-state index contributed by atoms with van der Waals surface area (Å²) in [4.78, 5) is 26.8. The van der Waals surface area contributed by atoms with Gasteiger partial charge in [-0.1, -0.05) is 17.7 Å². The lowest BCUT2D eigenvalue weighted by Gasteiger charge is -2.33. The summed E-state index contributed by atoms with van der Waals surface area (Å²) >= 11 is 0. The van der Waals surface area contributed by atoms with E-state index in [9.17, 15) is 9.59 Å². The monoisotopic (exact) mass is 292 g/mol. The number of carbonyl (C=O) groups is 2. The number of anilines is 1. The fourth-order valence-electron chi connectivity index (χ4n) is 2.31. The minimum absolute atomic E-state index is 0.0506. The molecule has 21 heavy (non-hydrogen) atoms. The first-order valence-electron chi connectivity index (χ1n) is 7.27. The van der Waals surface area contributed by atoms with E-state index in [1.165, 1.54) is 0 Å². The molecule has 0 aromatic heterocycles. The van der Waals surface area contributed by atoms with Crippen molar-refractivity contribution in [3.05, 3.63) is 29.8 Å². The highest BCUT2D eigenvalue weighted by molar-refractivity contribution is 5.92. The molecule has 2 amide bonds. The summed E-state index contributed by atoms with van der Waals surface area (Å²) in [6.45, 7) is 8.55. The molecule has 5 heteroatoms. The minimum Gasteiger partial charge on any atom is -0.481 e. The van der Waals surface area contributed by atoms with Crippen LogP contribution in [-0.4, -0.2) is 41.1 Å². The second-order valence-corrected chi connectivity index (χ2v) is 5.10. The molecule has 1 aromatic rings. The van der Waals surface area contributed by atoms with Gasteiger partial charge in [0, 0.05) is 24.8 Å². The molecule has 0 saturated carbocycles. The van der Waals surface area contributed by atoms with Crippen molar-refractivity contribution in [2.75, 3.05) is 18.0 Å². The van der Waals surface area contributed by atoms with E-state index in [0.29, 0.717) is 13.1 Å². The molecule has 1 rings (SSSR count). The predicted molar refractivity (Wildman–Crippen MR) is 83.7 cm³/mol. The fourth-order valence-corrected chi connectivity index (χ4v) is 2.31. The molecule has 0 aliphatic carbocycles. The molecule has 1 N–H and O–H groups in total. The molecule has 0 heterocycles. The van der Waals surface area contributed by atoms with Crippen molar-refractivity contribution in [3.8, 4) is 0 Å². The highest BCUT2D eigenvalue weighted by Crippen LogP contribution is 2.18. The molecule has 0 spiro atoms. The zero-order chi connectivity index (χ0) is 16.0. The summed E-state index contributed by atoms with van der Waals surface area (Å²) in [6.07, 6.45) is -0.0506. The molecule has 0 aliphatic rings. The van der Waals surface area contributed by atoms with Gasteiger partial charge in [0.2, 0.25) is 0 Å². The van der Waals surface area contributed by atoms with Gasteiger partial charge in [0.25, 0.3) is 0 Å². The first-order chi connectivity index (χ1) is 9.90. The SMILES string of the molecule is CCN(C(=O)N(CC)C(C)CC(=O)O)c1ccc(C)cc1. The van der Waals surface area contributed by atoms with Crippen LogP contribution in [0.15, 0.2) is 24.3 Å².